The molecule has 54 heavy (non-hydrogen) atoms. The first-order chi connectivity index (χ1) is 25.6. The minimum absolute atomic E-state index is 0.0434. The monoisotopic (exact) mass is 782 g/mol. The predicted molar refractivity (Wildman–Crippen MR) is 215 cm³/mol. The lowest BCUT2D eigenvalue weighted by Gasteiger charge is -2.48. The van der Waals surface area contributed by atoms with E-state index in [-0.39, 0.29) is 28.7 Å². The summed E-state index contributed by atoms with van der Waals surface area (Å²) in [5, 5.41) is -0.123. The highest BCUT2D eigenvalue weighted by atomic mass is 35.5. The second kappa shape index (κ2) is 16.3. The minimum atomic E-state index is -3.97. The van der Waals surface area contributed by atoms with Gasteiger partial charge in [-0.2, -0.15) is 0 Å². The van der Waals surface area contributed by atoms with E-state index in [1.807, 2.05) is 25.1 Å². The molecule has 2 bridgehead atoms. The summed E-state index contributed by atoms with van der Waals surface area (Å²) in [5.41, 5.74) is 7.86. The molecule has 0 radical (unpaired) electrons. The number of rotatable bonds is 3. The highest BCUT2D eigenvalue weighted by Gasteiger charge is 2.49. The number of halogens is 1. The van der Waals surface area contributed by atoms with E-state index in [9.17, 15) is 18.0 Å². The Morgan fingerprint density at radius 3 is 2.52 bits per heavy atom. The molecule has 7 rings (SSSR count). The Labute approximate surface area is 327 Å². The largest absolute Gasteiger partial charge is 0.490 e. The van der Waals surface area contributed by atoms with Gasteiger partial charge in [0.2, 0.25) is 10.0 Å². The quantitative estimate of drug-likeness (QED) is 0.273. The molecule has 1 saturated carbocycles. The van der Waals surface area contributed by atoms with E-state index < -0.39 is 26.8 Å². The molecule has 0 aromatic heterocycles. The van der Waals surface area contributed by atoms with E-state index in [4.69, 9.17) is 26.8 Å². The molecular formula is C42H59ClN4O6S. The normalized spacial score (nSPS) is 34.2. The number of allylic oxidation sites excluding steroid dienone is 1. The van der Waals surface area contributed by atoms with Gasteiger partial charge in [-0.25, -0.2) is 13.1 Å². The van der Waals surface area contributed by atoms with Crippen molar-refractivity contribution in [3.63, 3.8) is 0 Å². The van der Waals surface area contributed by atoms with Crippen LogP contribution in [-0.4, -0.2) is 87.8 Å². The first-order valence-electron chi connectivity index (χ1n) is 19.7. The summed E-state index contributed by atoms with van der Waals surface area (Å²) in [6, 6.07) is 13.0. The molecule has 1 spiro atoms. The summed E-state index contributed by atoms with van der Waals surface area (Å²) in [6.07, 6.45) is 10.8. The van der Waals surface area contributed by atoms with Gasteiger partial charge in [0.05, 0.1) is 17.5 Å². The molecule has 12 heteroatoms. The maximum absolute atomic E-state index is 13.4. The lowest BCUT2D eigenvalue weighted by atomic mass is 9.64. The Morgan fingerprint density at radius 2 is 1.89 bits per heavy atom. The highest BCUT2D eigenvalue weighted by molar-refractivity contribution is 7.90. The number of nitrogens with one attached hydrogen (secondary N) is 1. The molecular weight excluding hydrogens is 724 g/mol. The number of hydrogen-bond donors (Lipinski definition) is 2. The van der Waals surface area contributed by atoms with Crippen LogP contribution in [0.3, 0.4) is 0 Å². The van der Waals surface area contributed by atoms with E-state index >= 15 is 0 Å². The van der Waals surface area contributed by atoms with Gasteiger partial charge in [-0.05, 0) is 132 Å². The van der Waals surface area contributed by atoms with Gasteiger partial charge in [0.25, 0.3) is 5.91 Å². The number of sulfonamides is 1. The number of likely N-dealkylation sites (tertiary alicyclic amines) is 1. The number of nitrogens with two attached hydrogens (primary N) is 1. The average Bonchev–Trinajstić information content (AvgIpc) is 3.40. The lowest BCUT2D eigenvalue weighted by molar-refractivity contribution is -0.135. The second-order valence-electron chi connectivity index (χ2n) is 16.8. The number of nitrogens with zero attached hydrogens (tertiary/aromatic N) is 2. The highest BCUT2D eigenvalue weighted by Crippen LogP contribution is 2.48. The first-order valence-corrected chi connectivity index (χ1v) is 21.6. The van der Waals surface area contributed by atoms with Crippen LogP contribution in [0.1, 0.15) is 94.6 Å². The van der Waals surface area contributed by atoms with Gasteiger partial charge in [0, 0.05) is 66.8 Å². The summed E-state index contributed by atoms with van der Waals surface area (Å²) in [6.45, 7) is 13.0. The molecule has 0 unspecified atom stereocenters. The fourth-order valence-electron chi connectivity index (χ4n) is 9.50. The van der Waals surface area contributed by atoms with Crippen molar-refractivity contribution in [2.24, 2.45) is 23.5 Å². The fourth-order valence-corrected chi connectivity index (χ4v) is 11.0. The molecule has 1 amide bonds. The molecule has 296 valence electrons. The van der Waals surface area contributed by atoms with Crippen molar-refractivity contribution in [3.8, 4) is 5.75 Å². The average molecular weight is 783 g/mol. The van der Waals surface area contributed by atoms with Crippen LogP contribution in [0.2, 0.25) is 5.02 Å². The summed E-state index contributed by atoms with van der Waals surface area (Å²) in [7, 11) is -2.41. The number of fused-ring (bicyclic) bond motifs is 4. The van der Waals surface area contributed by atoms with Gasteiger partial charge >= 0.3 is 0 Å². The number of aldehydes is 1. The Bertz CT molecular complexity index is 1840. The third-order valence-electron chi connectivity index (χ3n) is 13.0. The molecule has 2 aromatic rings. The van der Waals surface area contributed by atoms with E-state index in [0.29, 0.717) is 55.0 Å². The Balaban J connectivity index is 0.000000432. The molecule has 2 aliphatic carbocycles. The predicted octanol–water partition coefficient (Wildman–Crippen LogP) is 6.28. The maximum atomic E-state index is 13.4. The number of benzene rings is 2. The zero-order valence-corrected chi connectivity index (χ0v) is 34.3. The van der Waals surface area contributed by atoms with Gasteiger partial charge in [0.1, 0.15) is 11.4 Å². The van der Waals surface area contributed by atoms with Crippen LogP contribution < -0.4 is 20.1 Å². The number of carbonyl (C=O) groups is 2. The summed E-state index contributed by atoms with van der Waals surface area (Å²) < 4.78 is 41.3. The maximum Gasteiger partial charge on any atom is 0.264 e. The number of carbonyl (C=O) groups excluding carboxylic acids is 2. The van der Waals surface area contributed by atoms with Crippen LogP contribution in [0, 0.1) is 17.8 Å². The van der Waals surface area contributed by atoms with Crippen molar-refractivity contribution in [1.29, 1.82) is 0 Å². The molecule has 3 aliphatic heterocycles. The van der Waals surface area contributed by atoms with Crippen molar-refractivity contribution < 1.29 is 27.5 Å². The van der Waals surface area contributed by atoms with Gasteiger partial charge in [0.15, 0.2) is 6.29 Å². The number of methoxy groups -OCH3 is 1. The third-order valence-corrected chi connectivity index (χ3v) is 15.2. The van der Waals surface area contributed by atoms with Crippen molar-refractivity contribution in [1.82, 2.24) is 9.62 Å². The number of amides is 1. The van der Waals surface area contributed by atoms with Crippen molar-refractivity contribution in [3.05, 3.63) is 70.3 Å². The molecule has 1 saturated heterocycles. The first kappa shape index (κ1) is 40.7. The van der Waals surface area contributed by atoms with E-state index in [0.717, 1.165) is 57.0 Å². The third kappa shape index (κ3) is 8.12. The Hall–Kier alpha value is -2.96. The topological polar surface area (TPSA) is 131 Å². The van der Waals surface area contributed by atoms with E-state index in [2.05, 4.69) is 47.4 Å². The molecule has 3 heterocycles. The van der Waals surface area contributed by atoms with Gasteiger partial charge in [-0.15, -0.1) is 0 Å². The zero-order chi connectivity index (χ0) is 39.0. The van der Waals surface area contributed by atoms with Crippen LogP contribution in [0.15, 0.2) is 48.6 Å². The van der Waals surface area contributed by atoms with Crippen LogP contribution in [0.5, 0.6) is 5.75 Å². The minimum Gasteiger partial charge on any atom is -0.490 e. The number of aryl methyl sites for hydroxylation is 1. The van der Waals surface area contributed by atoms with Crippen LogP contribution in [-0.2, 0) is 31.4 Å². The molecule has 3 N–H and O–H groups in total. The second-order valence-corrected chi connectivity index (χ2v) is 19.3. The van der Waals surface area contributed by atoms with Crippen molar-refractivity contribution >= 4 is 39.5 Å². The number of hydrogen-bond acceptors (Lipinski definition) is 9. The summed E-state index contributed by atoms with van der Waals surface area (Å²) >= 11 is 6.40. The molecule has 2 aromatic carbocycles. The number of ether oxygens (including phenoxy) is 2. The number of anilines is 1. The fraction of sp³-hybridized carbons (Fsp3) is 0.619. The molecule has 10 nitrogen and oxygen atoms in total. The van der Waals surface area contributed by atoms with Crippen LogP contribution in [0.25, 0.3) is 0 Å². The molecule has 2 fully saturated rings. The Kier molecular flexibility index (Phi) is 12.3. The summed E-state index contributed by atoms with van der Waals surface area (Å²) in [5.74, 6) is -0.203. The van der Waals surface area contributed by atoms with Crippen LogP contribution >= 0.6 is 11.6 Å². The van der Waals surface area contributed by atoms with Gasteiger partial charge < -0.3 is 20.1 Å². The van der Waals surface area contributed by atoms with Gasteiger partial charge in [-0.1, -0.05) is 30.7 Å². The van der Waals surface area contributed by atoms with Crippen LogP contribution in [0.4, 0.5) is 5.69 Å². The van der Waals surface area contributed by atoms with Gasteiger partial charge in [-0.3, -0.25) is 14.5 Å². The Morgan fingerprint density at radius 1 is 1.11 bits per heavy atom. The van der Waals surface area contributed by atoms with Crippen molar-refractivity contribution in [2.45, 2.75) is 114 Å². The standard InChI is InChI=1S/C34H41ClN2O6S.C8H18N2/c1-22-6-4-15-34(20-38,42-3)29-11-8-26(29)18-37-19-33(14-5-7-24-16-27(35)10-12-28(24)33)21-43-31-13-9-25(17-30(31)37)32(39)36-44(40,41)23(22)2;1-6(2)10-5-8(9)4-7(10)3/h4,9-10,12-13,15-17,20,22-23,26,29H,5-8,11,14,18-19,21H2,1-3H3,(H,36,39);6-8H,4-5,9H2,1-3H3/b15-4+;/t22-,23+,26-,29+,33-,34-;7-,8+/m00/s1. The molecule has 5 aliphatic rings. The SMILES string of the molecule is CC(C)N1C[C@H](N)C[C@@H]1C.CO[C@]1(C=O)/C=C/C[C@H](C)[C@@H](C)S(=O)(=O)NC(=O)c2ccc3c(c2)N(C[C@@H]2CC[C@H]21)C[C@@]1(CCCc2cc(Cl)ccc21)CO3. The summed E-state index contributed by atoms with van der Waals surface area (Å²) in [4.78, 5) is 30.8. The van der Waals surface area contributed by atoms with E-state index in [1.165, 1.54) is 11.1 Å². The van der Waals surface area contributed by atoms with E-state index in [1.54, 1.807) is 32.2 Å². The van der Waals surface area contributed by atoms with Crippen molar-refractivity contribution in [2.75, 3.05) is 38.3 Å². The smallest absolute Gasteiger partial charge is 0.264 e. The molecule has 8 atom stereocenters. The zero-order valence-electron chi connectivity index (χ0n) is 32.7. The lowest BCUT2D eigenvalue weighted by Crippen LogP contribution is -2.53.